The Balaban J connectivity index is 1.33. The van der Waals surface area contributed by atoms with Crippen LogP contribution in [0.15, 0.2) is 140 Å². The Morgan fingerprint density at radius 3 is 1.45 bits per heavy atom. The first-order valence-corrected chi connectivity index (χ1v) is 14.1. The normalized spacial score (nSPS) is 11.9. The average Bonchev–Trinajstić information content (AvgIpc) is 3.00. The van der Waals surface area contributed by atoms with Crippen molar-refractivity contribution in [3.63, 3.8) is 0 Å². The lowest BCUT2D eigenvalue weighted by Crippen LogP contribution is -2.10. The van der Waals surface area contributed by atoms with Gasteiger partial charge in [-0.2, -0.15) is 0 Å². The first-order chi connectivity index (χ1) is 19.4. The van der Waals surface area contributed by atoms with Crippen LogP contribution in [0.2, 0.25) is 0 Å². The first kappa shape index (κ1) is 24.4. The SMILES string of the molecule is CC(C)(C)c1ccc(-c2ccc3c(ccc4cc(-c5cc6ccccc6cc5-c5ccccc5)ccc43)c2)cc1. The highest BCUT2D eigenvalue weighted by molar-refractivity contribution is 6.10. The topological polar surface area (TPSA) is 0 Å². The van der Waals surface area contributed by atoms with Crippen LogP contribution in [0.5, 0.6) is 0 Å². The van der Waals surface area contributed by atoms with Gasteiger partial charge in [-0.3, -0.25) is 0 Å². The molecule has 7 rings (SSSR count). The fourth-order valence-electron chi connectivity index (χ4n) is 5.92. The number of fused-ring (bicyclic) bond motifs is 4. The zero-order valence-corrected chi connectivity index (χ0v) is 23.3. The van der Waals surface area contributed by atoms with Crippen molar-refractivity contribution in [2.24, 2.45) is 0 Å². The average molecular weight is 513 g/mol. The lowest BCUT2D eigenvalue weighted by molar-refractivity contribution is 0.590. The minimum absolute atomic E-state index is 0.161. The predicted molar refractivity (Wildman–Crippen MR) is 174 cm³/mol. The van der Waals surface area contributed by atoms with Crippen LogP contribution in [0.1, 0.15) is 26.3 Å². The zero-order valence-electron chi connectivity index (χ0n) is 23.3. The molecule has 192 valence electrons. The molecule has 0 spiro atoms. The van der Waals surface area contributed by atoms with Crippen molar-refractivity contribution in [1.29, 1.82) is 0 Å². The van der Waals surface area contributed by atoms with E-state index in [-0.39, 0.29) is 5.41 Å². The molecular formula is C40H32. The zero-order chi connectivity index (χ0) is 27.3. The number of benzene rings is 7. The first-order valence-electron chi connectivity index (χ1n) is 14.1. The minimum Gasteiger partial charge on any atom is -0.0622 e. The molecule has 0 radical (unpaired) electrons. The van der Waals surface area contributed by atoms with Crippen LogP contribution in [0.3, 0.4) is 0 Å². The van der Waals surface area contributed by atoms with Crippen LogP contribution in [0, 0.1) is 0 Å². The van der Waals surface area contributed by atoms with Gasteiger partial charge in [-0.25, -0.2) is 0 Å². The van der Waals surface area contributed by atoms with E-state index in [1.807, 2.05) is 0 Å². The quantitative estimate of drug-likeness (QED) is 0.207. The summed E-state index contributed by atoms with van der Waals surface area (Å²) in [4.78, 5) is 0. The van der Waals surface area contributed by atoms with Gasteiger partial charge in [0.1, 0.15) is 0 Å². The molecule has 0 aliphatic carbocycles. The molecule has 0 fully saturated rings. The third-order valence-electron chi connectivity index (χ3n) is 8.20. The van der Waals surface area contributed by atoms with Gasteiger partial charge in [0.2, 0.25) is 0 Å². The van der Waals surface area contributed by atoms with Gasteiger partial charge in [0.15, 0.2) is 0 Å². The summed E-state index contributed by atoms with van der Waals surface area (Å²) in [5.41, 5.74) is 9.05. The Labute approximate surface area is 236 Å². The van der Waals surface area contributed by atoms with Gasteiger partial charge in [0, 0.05) is 0 Å². The van der Waals surface area contributed by atoms with Crippen LogP contribution in [-0.4, -0.2) is 0 Å². The Hall–Kier alpha value is -4.68. The highest BCUT2D eigenvalue weighted by atomic mass is 14.2. The summed E-state index contributed by atoms with van der Waals surface area (Å²) in [6, 6.07) is 51.4. The molecule has 0 unspecified atom stereocenters. The van der Waals surface area contributed by atoms with Crippen LogP contribution in [-0.2, 0) is 5.41 Å². The van der Waals surface area contributed by atoms with Gasteiger partial charge in [0.25, 0.3) is 0 Å². The molecule has 0 aliphatic heterocycles. The molecule has 0 bridgehead atoms. The molecule has 0 saturated heterocycles. The minimum atomic E-state index is 0.161. The van der Waals surface area contributed by atoms with Crippen molar-refractivity contribution < 1.29 is 0 Å². The fourth-order valence-corrected chi connectivity index (χ4v) is 5.92. The van der Waals surface area contributed by atoms with Gasteiger partial charge in [0.05, 0.1) is 0 Å². The van der Waals surface area contributed by atoms with E-state index in [0.29, 0.717) is 0 Å². The molecule has 0 nitrogen and oxygen atoms in total. The van der Waals surface area contributed by atoms with E-state index in [9.17, 15) is 0 Å². The highest BCUT2D eigenvalue weighted by Crippen LogP contribution is 2.38. The van der Waals surface area contributed by atoms with Gasteiger partial charge < -0.3 is 0 Å². The molecule has 0 heteroatoms. The lowest BCUT2D eigenvalue weighted by Gasteiger charge is -2.19. The summed E-state index contributed by atoms with van der Waals surface area (Å²) in [5.74, 6) is 0. The number of hydrogen-bond acceptors (Lipinski definition) is 0. The van der Waals surface area contributed by atoms with Gasteiger partial charge >= 0.3 is 0 Å². The maximum atomic E-state index is 2.35. The van der Waals surface area contributed by atoms with E-state index in [0.717, 1.165) is 0 Å². The number of rotatable bonds is 3. The highest BCUT2D eigenvalue weighted by Gasteiger charge is 2.14. The molecule has 7 aromatic rings. The van der Waals surface area contributed by atoms with E-state index >= 15 is 0 Å². The molecule has 0 atom stereocenters. The monoisotopic (exact) mass is 512 g/mol. The van der Waals surface area contributed by atoms with E-state index in [1.165, 1.54) is 71.3 Å². The van der Waals surface area contributed by atoms with Crippen molar-refractivity contribution in [2.75, 3.05) is 0 Å². The van der Waals surface area contributed by atoms with E-state index in [2.05, 4.69) is 160 Å². The molecular weight excluding hydrogens is 480 g/mol. The van der Waals surface area contributed by atoms with E-state index in [1.54, 1.807) is 0 Å². The van der Waals surface area contributed by atoms with E-state index < -0.39 is 0 Å². The smallest absolute Gasteiger partial charge is 0.00988 e. The summed E-state index contributed by atoms with van der Waals surface area (Å²) >= 11 is 0. The van der Waals surface area contributed by atoms with Crippen molar-refractivity contribution in [2.45, 2.75) is 26.2 Å². The third-order valence-corrected chi connectivity index (χ3v) is 8.20. The Kier molecular flexibility index (Phi) is 5.79. The largest absolute Gasteiger partial charge is 0.0622 e. The van der Waals surface area contributed by atoms with Crippen molar-refractivity contribution in [1.82, 2.24) is 0 Å². The summed E-state index contributed by atoms with van der Waals surface area (Å²) in [7, 11) is 0. The van der Waals surface area contributed by atoms with Crippen LogP contribution < -0.4 is 0 Å². The molecule has 0 heterocycles. The Morgan fingerprint density at radius 1 is 0.350 bits per heavy atom. The third kappa shape index (κ3) is 4.36. The lowest BCUT2D eigenvalue weighted by atomic mass is 9.86. The van der Waals surface area contributed by atoms with Crippen LogP contribution in [0.4, 0.5) is 0 Å². The summed E-state index contributed by atoms with van der Waals surface area (Å²) < 4.78 is 0. The van der Waals surface area contributed by atoms with E-state index in [4.69, 9.17) is 0 Å². The Bertz CT molecular complexity index is 2000. The maximum absolute atomic E-state index is 2.35. The standard InChI is InChI=1S/C40H32/c1-40(2,3)35-19-15-27(16-20-35)31-17-21-36-32(23-31)13-14-33-24-34(18-22-37(33)36)39-26-30-12-8-7-11-29(30)25-38(39)28-9-5-4-6-10-28/h4-26H,1-3H3. The summed E-state index contributed by atoms with van der Waals surface area (Å²) in [5, 5.41) is 7.64. The number of hydrogen-bond donors (Lipinski definition) is 0. The van der Waals surface area contributed by atoms with Gasteiger partial charge in [-0.1, -0.05) is 136 Å². The second-order valence-electron chi connectivity index (χ2n) is 11.9. The molecule has 0 saturated carbocycles. The second kappa shape index (κ2) is 9.50. The van der Waals surface area contributed by atoms with Gasteiger partial charge in [-0.05, 0) is 101 Å². The molecule has 0 aliphatic rings. The van der Waals surface area contributed by atoms with Crippen molar-refractivity contribution >= 4 is 32.3 Å². The maximum Gasteiger partial charge on any atom is -0.00988 e. The predicted octanol–water partition coefficient (Wildman–Crippen LogP) is 11.4. The molecule has 0 amide bonds. The van der Waals surface area contributed by atoms with Crippen LogP contribution in [0.25, 0.3) is 65.7 Å². The molecule has 40 heavy (non-hydrogen) atoms. The van der Waals surface area contributed by atoms with Crippen LogP contribution >= 0.6 is 0 Å². The Morgan fingerprint density at radius 2 is 0.850 bits per heavy atom. The molecule has 7 aromatic carbocycles. The second-order valence-corrected chi connectivity index (χ2v) is 11.9. The van der Waals surface area contributed by atoms with Crippen molar-refractivity contribution in [3.05, 3.63) is 145 Å². The van der Waals surface area contributed by atoms with Gasteiger partial charge in [-0.15, -0.1) is 0 Å². The molecule has 0 N–H and O–H groups in total. The van der Waals surface area contributed by atoms with Crippen molar-refractivity contribution in [3.8, 4) is 33.4 Å². The summed E-state index contributed by atoms with van der Waals surface area (Å²) in [6.45, 7) is 6.78. The fraction of sp³-hybridized carbons (Fsp3) is 0.100. The molecule has 0 aromatic heterocycles. The summed E-state index contributed by atoms with van der Waals surface area (Å²) in [6.07, 6.45) is 0.